The SMILES string of the molecule is Cc1cc(C(C)Nc2ccccc2C(=O)OC(C)(C)C)c2nc(-c3cccnc3)cc(=O)n2c1. The maximum Gasteiger partial charge on any atom is 0.340 e. The van der Waals surface area contributed by atoms with Crippen molar-refractivity contribution in [2.75, 3.05) is 5.32 Å². The molecule has 4 aromatic rings. The topological polar surface area (TPSA) is 85.6 Å². The monoisotopic (exact) mass is 456 g/mol. The van der Waals surface area contributed by atoms with Crippen LogP contribution in [0.3, 0.4) is 0 Å². The van der Waals surface area contributed by atoms with Crippen LogP contribution >= 0.6 is 0 Å². The van der Waals surface area contributed by atoms with Crippen molar-refractivity contribution in [1.82, 2.24) is 14.4 Å². The van der Waals surface area contributed by atoms with E-state index in [9.17, 15) is 9.59 Å². The molecule has 7 heteroatoms. The van der Waals surface area contributed by atoms with Crippen molar-refractivity contribution in [3.63, 3.8) is 0 Å². The van der Waals surface area contributed by atoms with Gasteiger partial charge in [-0.3, -0.25) is 14.2 Å². The largest absolute Gasteiger partial charge is 0.456 e. The summed E-state index contributed by atoms with van der Waals surface area (Å²) in [6.45, 7) is 9.43. The Bertz CT molecular complexity index is 1410. The number of hydrogen-bond acceptors (Lipinski definition) is 6. The van der Waals surface area contributed by atoms with E-state index in [1.165, 1.54) is 6.07 Å². The fraction of sp³-hybridized carbons (Fsp3) is 0.259. The van der Waals surface area contributed by atoms with Gasteiger partial charge < -0.3 is 10.1 Å². The predicted molar refractivity (Wildman–Crippen MR) is 133 cm³/mol. The maximum atomic E-state index is 13.0. The molecule has 1 N–H and O–H groups in total. The van der Waals surface area contributed by atoms with E-state index < -0.39 is 11.6 Å². The van der Waals surface area contributed by atoms with Gasteiger partial charge in [-0.1, -0.05) is 12.1 Å². The number of esters is 1. The molecule has 0 radical (unpaired) electrons. The lowest BCUT2D eigenvalue weighted by Crippen LogP contribution is -2.25. The smallest absolute Gasteiger partial charge is 0.340 e. The Morgan fingerprint density at radius 3 is 2.59 bits per heavy atom. The quantitative estimate of drug-likeness (QED) is 0.416. The highest BCUT2D eigenvalue weighted by Crippen LogP contribution is 2.27. The van der Waals surface area contributed by atoms with Gasteiger partial charge in [0.25, 0.3) is 5.56 Å². The molecule has 1 atom stereocenters. The number of aryl methyl sites for hydroxylation is 1. The number of aromatic nitrogens is 3. The van der Waals surface area contributed by atoms with Crippen molar-refractivity contribution in [3.05, 3.63) is 94.2 Å². The number of rotatable bonds is 5. The van der Waals surface area contributed by atoms with Crippen molar-refractivity contribution in [1.29, 1.82) is 0 Å². The third-order valence-corrected chi connectivity index (χ3v) is 5.27. The first kappa shape index (κ1) is 23.2. The van der Waals surface area contributed by atoms with Crippen LogP contribution in [0.1, 0.15) is 55.2 Å². The van der Waals surface area contributed by atoms with Crippen LogP contribution in [0.25, 0.3) is 16.9 Å². The summed E-state index contributed by atoms with van der Waals surface area (Å²) >= 11 is 0. The van der Waals surface area contributed by atoms with Crippen LogP contribution < -0.4 is 10.9 Å². The molecule has 0 fully saturated rings. The number of benzene rings is 1. The molecule has 1 aromatic carbocycles. The van der Waals surface area contributed by atoms with E-state index in [4.69, 9.17) is 9.72 Å². The van der Waals surface area contributed by atoms with Gasteiger partial charge in [0.1, 0.15) is 11.2 Å². The normalized spacial score (nSPS) is 12.4. The number of ether oxygens (including phenoxy) is 1. The summed E-state index contributed by atoms with van der Waals surface area (Å²) in [7, 11) is 0. The minimum Gasteiger partial charge on any atom is -0.456 e. The number of pyridine rings is 2. The average Bonchev–Trinajstić information content (AvgIpc) is 2.78. The molecule has 0 saturated carbocycles. The molecule has 34 heavy (non-hydrogen) atoms. The molecule has 7 nitrogen and oxygen atoms in total. The number of hydrogen-bond donors (Lipinski definition) is 1. The van der Waals surface area contributed by atoms with Crippen LogP contribution in [0.4, 0.5) is 5.69 Å². The zero-order valence-electron chi connectivity index (χ0n) is 20.0. The number of nitrogens with one attached hydrogen (secondary N) is 1. The molecule has 4 rings (SSSR count). The second-order valence-corrected chi connectivity index (χ2v) is 9.30. The summed E-state index contributed by atoms with van der Waals surface area (Å²) in [6.07, 6.45) is 5.15. The van der Waals surface area contributed by atoms with Crippen LogP contribution in [0.15, 0.2) is 71.9 Å². The minimum atomic E-state index is -0.601. The Hall–Kier alpha value is -4.00. The van der Waals surface area contributed by atoms with Gasteiger partial charge in [-0.15, -0.1) is 0 Å². The second kappa shape index (κ2) is 9.09. The van der Waals surface area contributed by atoms with Gasteiger partial charge in [0.2, 0.25) is 0 Å². The number of fused-ring (bicyclic) bond motifs is 1. The zero-order chi connectivity index (χ0) is 24.5. The lowest BCUT2D eigenvalue weighted by molar-refractivity contribution is 0.00706. The summed E-state index contributed by atoms with van der Waals surface area (Å²) < 4.78 is 7.14. The van der Waals surface area contributed by atoms with Crippen molar-refractivity contribution >= 4 is 17.3 Å². The van der Waals surface area contributed by atoms with E-state index in [-0.39, 0.29) is 11.6 Å². The molecule has 3 heterocycles. The van der Waals surface area contributed by atoms with Crippen molar-refractivity contribution in [2.45, 2.75) is 46.3 Å². The summed E-state index contributed by atoms with van der Waals surface area (Å²) in [6, 6.07) is 14.2. The second-order valence-electron chi connectivity index (χ2n) is 9.30. The third-order valence-electron chi connectivity index (χ3n) is 5.27. The fourth-order valence-corrected chi connectivity index (χ4v) is 3.78. The molecule has 0 aliphatic heterocycles. The van der Waals surface area contributed by atoms with E-state index in [0.717, 1.165) is 16.7 Å². The molecular weight excluding hydrogens is 428 g/mol. The first-order chi connectivity index (χ1) is 16.1. The van der Waals surface area contributed by atoms with E-state index in [2.05, 4.69) is 10.3 Å². The Morgan fingerprint density at radius 1 is 1.12 bits per heavy atom. The average molecular weight is 457 g/mol. The first-order valence-electron chi connectivity index (χ1n) is 11.2. The summed E-state index contributed by atoms with van der Waals surface area (Å²) in [5.74, 6) is -0.398. The molecule has 0 aliphatic rings. The van der Waals surface area contributed by atoms with Gasteiger partial charge in [-0.25, -0.2) is 9.78 Å². The summed E-state index contributed by atoms with van der Waals surface area (Å²) in [5, 5.41) is 3.42. The van der Waals surface area contributed by atoms with E-state index in [1.807, 2.05) is 65.0 Å². The van der Waals surface area contributed by atoms with Gasteiger partial charge in [0.05, 0.1) is 17.3 Å². The maximum absolute atomic E-state index is 13.0. The van der Waals surface area contributed by atoms with E-state index in [0.29, 0.717) is 22.6 Å². The van der Waals surface area contributed by atoms with E-state index in [1.54, 1.807) is 35.1 Å². The molecule has 0 bridgehead atoms. The number of nitrogens with zero attached hydrogens (tertiary/aromatic N) is 3. The number of anilines is 1. The van der Waals surface area contributed by atoms with Gasteiger partial charge in [0, 0.05) is 41.5 Å². The van der Waals surface area contributed by atoms with Crippen molar-refractivity contribution in [2.24, 2.45) is 0 Å². The van der Waals surface area contributed by atoms with Gasteiger partial charge in [-0.2, -0.15) is 0 Å². The van der Waals surface area contributed by atoms with Crippen LogP contribution in [0.5, 0.6) is 0 Å². The van der Waals surface area contributed by atoms with Crippen LogP contribution in [-0.2, 0) is 4.74 Å². The Kier molecular flexibility index (Phi) is 6.20. The highest BCUT2D eigenvalue weighted by molar-refractivity contribution is 5.96. The molecule has 1 unspecified atom stereocenters. The van der Waals surface area contributed by atoms with Gasteiger partial charge >= 0.3 is 5.97 Å². The van der Waals surface area contributed by atoms with Crippen molar-refractivity contribution in [3.8, 4) is 11.3 Å². The highest BCUT2D eigenvalue weighted by atomic mass is 16.6. The van der Waals surface area contributed by atoms with Gasteiger partial charge in [0.15, 0.2) is 0 Å². The Balaban J connectivity index is 1.77. The van der Waals surface area contributed by atoms with Crippen LogP contribution in [0, 0.1) is 6.92 Å². The first-order valence-corrected chi connectivity index (χ1v) is 11.2. The molecular formula is C27H28N4O3. The molecule has 0 saturated heterocycles. The third kappa shape index (κ3) is 4.98. The zero-order valence-corrected chi connectivity index (χ0v) is 20.0. The molecule has 0 spiro atoms. The number of para-hydroxylation sites is 1. The molecule has 0 aliphatic carbocycles. The lowest BCUT2D eigenvalue weighted by Gasteiger charge is -2.23. The van der Waals surface area contributed by atoms with E-state index >= 15 is 0 Å². The molecule has 0 amide bonds. The van der Waals surface area contributed by atoms with Crippen LogP contribution in [-0.4, -0.2) is 25.9 Å². The number of carbonyl (C=O) groups excluding carboxylic acids is 1. The predicted octanol–water partition coefficient (Wildman–Crippen LogP) is 5.19. The highest BCUT2D eigenvalue weighted by Gasteiger charge is 2.22. The lowest BCUT2D eigenvalue weighted by atomic mass is 10.1. The fourth-order valence-electron chi connectivity index (χ4n) is 3.78. The molecule has 3 aromatic heterocycles. The minimum absolute atomic E-state index is 0.171. The number of carbonyl (C=O) groups is 1. The van der Waals surface area contributed by atoms with Crippen molar-refractivity contribution < 1.29 is 9.53 Å². The standard InChI is InChI=1S/C27H28N4O3/c1-17-13-21(18(2)29-22-11-7-6-10-20(22)26(33)34-27(3,4)5)25-30-23(14-24(32)31(25)16-17)19-9-8-12-28-15-19/h6-16,18,29H,1-5H3. The molecule has 174 valence electrons. The Labute approximate surface area is 198 Å². The Morgan fingerprint density at radius 2 is 1.88 bits per heavy atom. The summed E-state index contributed by atoms with van der Waals surface area (Å²) in [4.78, 5) is 34.7. The van der Waals surface area contributed by atoms with Gasteiger partial charge in [-0.05, 0) is 70.5 Å². The van der Waals surface area contributed by atoms with Crippen LogP contribution in [0.2, 0.25) is 0 Å². The summed E-state index contributed by atoms with van der Waals surface area (Å²) in [5.41, 5.74) is 3.96.